The van der Waals surface area contributed by atoms with Crippen molar-refractivity contribution >= 4 is 28.3 Å². The number of hydrogen-bond donors (Lipinski definition) is 4. The predicted molar refractivity (Wildman–Crippen MR) is 89.4 cm³/mol. The summed E-state index contributed by atoms with van der Waals surface area (Å²) >= 11 is 0. The summed E-state index contributed by atoms with van der Waals surface area (Å²) in [6.45, 7) is -0.0948. The number of nitrogens with one attached hydrogen (secondary N) is 3. The van der Waals surface area contributed by atoms with Gasteiger partial charge in [-0.05, 0) is 18.2 Å². The highest BCUT2D eigenvalue weighted by Gasteiger charge is 2.24. The summed E-state index contributed by atoms with van der Waals surface area (Å²) in [6, 6.07) is 5.67. The maximum atomic E-state index is 13.2. The van der Waals surface area contributed by atoms with E-state index in [0.717, 1.165) is 0 Å². The van der Waals surface area contributed by atoms with Gasteiger partial charge in [-0.2, -0.15) is 0 Å². The van der Waals surface area contributed by atoms with Crippen LogP contribution in [0.15, 0.2) is 35.2 Å². The maximum Gasteiger partial charge on any atom is 0.255 e. The molecule has 138 valence electrons. The summed E-state index contributed by atoms with van der Waals surface area (Å²) in [5.41, 5.74) is 0.395. The lowest BCUT2D eigenvalue weighted by molar-refractivity contribution is 0.102. The molecule has 4 N–H and O–H groups in total. The Morgan fingerprint density at radius 1 is 1.19 bits per heavy atom. The van der Waals surface area contributed by atoms with E-state index in [0.29, 0.717) is 29.1 Å². The minimum Gasteiger partial charge on any atom is -0.396 e. The molecule has 0 aromatic heterocycles. The van der Waals surface area contributed by atoms with Crippen LogP contribution in [0.1, 0.15) is 16.8 Å². The summed E-state index contributed by atoms with van der Waals surface area (Å²) in [5.74, 6) is -5.17. The second kappa shape index (κ2) is 7.44. The zero-order valence-corrected chi connectivity index (χ0v) is 14.0. The number of hydrogen-bond acceptors (Lipinski definition) is 4. The monoisotopic (exact) mass is 385 g/mol. The van der Waals surface area contributed by atoms with Gasteiger partial charge in [0.15, 0.2) is 17.5 Å². The van der Waals surface area contributed by atoms with Gasteiger partial charge < -0.3 is 15.7 Å². The van der Waals surface area contributed by atoms with Crippen molar-refractivity contribution in [3.8, 4) is 0 Å². The highest BCUT2D eigenvalue weighted by atomic mass is 32.2. The first kappa shape index (κ1) is 18.4. The molecule has 1 aliphatic rings. The number of halogens is 3. The number of aliphatic hydroxyl groups is 1. The lowest BCUT2D eigenvalue weighted by Crippen LogP contribution is -2.42. The predicted octanol–water partition coefficient (Wildman–Crippen LogP) is 2.10. The van der Waals surface area contributed by atoms with Crippen molar-refractivity contribution < 1.29 is 27.3 Å². The first-order valence-electron chi connectivity index (χ1n) is 7.54. The minimum atomic E-state index is -1.62. The Morgan fingerprint density at radius 2 is 1.88 bits per heavy atom. The smallest absolute Gasteiger partial charge is 0.255 e. The number of amides is 1. The zero-order valence-electron chi connectivity index (χ0n) is 13.2. The van der Waals surface area contributed by atoms with Gasteiger partial charge in [0.2, 0.25) is 0 Å². The third-order valence-electron chi connectivity index (χ3n) is 3.68. The van der Waals surface area contributed by atoms with Gasteiger partial charge in [0.25, 0.3) is 5.91 Å². The van der Waals surface area contributed by atoms with Crippen LogP contribution in [0.4, 0.5) is 24.5 Å². The molecule has 10 heteroatoms. The van der Waals surface area contributed by atoms with Gasteiger partial charge in [0.1, 0.15) is 11.0 Å². The van der Waals surface area contributed by atoms with Crippen LogP contribution in [0.25, 0.3) is 0 Å². The van der Waals surface area contributed by atoms with Gasteiger partial charge in [-0.1, -0.05) is 0 Å². The van der Waals surface area contributed by atoms with Crippen LogP contribution in [-0.4, -0.2) is 28.0 Å². The van der Waals surface area contributed by atoms with Gasteiger partial charge in [-0.3, -0.25) is 4.79 Å². The van der Waals surface area contributed by atoms with Crippen molar-refractivity contribution in [2.75, 3.05) is 17.2 Å². The molecule has 2 aromatic rings. The first-order valence-corrected chi connectivity index (χ1v) is 8.69. The molecule has 0 aliphatic carbocycles. The van der Waals surface area contributed by atoms with E-state index in [2.05, 4.69) is 15.4 Å². The largest absolute Gasteiger partial charge is 0.396 e. The molecule has 6 nitrogen and oxygen atoms in total. The third kappa shape index (κ3) is 3.71. The standard InChI is InChI=1S/C16H14F3N3O3S/c17-10-6-9(7-11(18)15(10)19)20-16(24)8-1-2-12-13(5-8)26(25)22-14(21-12)3-4-23/h1-2,5-7,14,21-23H,3-4H2,(H,20,24). The molecular formula is C16H14F3N3O3S. The van der Waals surface area contributed by atoms with Crippen LogP contribution in [0, 0.1) is 17.5 Å². The van der Waals surface area contributed by atoms with E-state index in [-0.39, 0.29) is 24.0 Å². The fourth-order valence-electron chi connectivity index (χ4n) is 2.44. The van der Waals surface area contributed by atoms with Gasteiger partial charge in [-0.25, -0.2) is 22.1 Å². The summed E-state index contributed by atoms with van der Waals surface area (Å²) in [5, 5.41) is 14.2. The number of anilines is 2. The summed E-state index contributed by atoms with van der Waals surface area (Å²) in [7, 11) is -1.60. The molecule has 26 heavy (non-hydrogen) atoms. The average Bonchev–Trinajstić information content (AvgIpc) is 2.59. The van der Waals surface area contributed by atoms with E-state index < -0.39 is 34.3 Å². The van der Waals surface area contributed by atoms with Crippen molar-refractivity contribution in [1.82, 2.24) is 4.72 Å². The van der Waals surface area contributed by atoms with Crippen LogP contribution in [0.2, 0.25) is 0 Å². The minimum absolute atomic E-state index is 0.0948. The summed E-state index contributed by atoms with van der Waals surface area (Å²) in [4.78, 5) is 12.6. The molecule has 0 spiro atoms. The Labute approximate surface area is 149 Å². The Morgan fingerprint density at radius 3 is 2.54 bits per heavy atom. The molecule has 1 amide bonds. The van der Waals surface area contributed by atoms with Gasteiger partial charge in [0.05, 0.1) is 16.7 Å². The molecule has 0 saturated heterocycles. The third-order valence-corrected chi connectivity index (χ3v) is 4.92. The average molecular weight is 385 g/mol. The number of fused-ring (bicyclic) bond motifs is 1. The molecule has 0 radical (unpaired) electrons. The molecule has 0 bridgehead atoms. The fraction of sp³-hybridized carbons (Fsp3) is 0.188. The zero-order chi connectivity index (χ0) is 18.8. The van der Waals surface area contributed by atoms with Crippen LogP contribution in [-0.2, 0) is 11.0 Å². The lowest BCUT2D eigenvalue weighted by atomic mass is 10.1. The van der Waals surface area contributed by atoms with Crippen LogP contribution < -0.4 is 15.4 Å². The van der Waals surface area contributed by atoms with Crippen LogP contribution in [0.5, 0.6) is 0 Å². The molecule has 1 aliphatic heterocycles. The van der Waals surface area contributed by atoms with Gasteiger partial charge in [-0.15, -0.1) is 0 Å². The molecule has 1 heterocycles. The van der Waals surface area contributed by atoms with Crippen molar-refractivity contribution in [2.24, 2.45) is 0 Å². The Bertz CT molecular complexity index is 871. The first-order chi connectivity index (χ1) is 12.4. The highest BCUT2D eigenvalue weighted by molar-refractivity contribution is 7.83. The topological polar surface area (TPSA) is 90.5 Å². The van der Waals surface area contributed by atoms with E-state index >= 15 is 0 Å². The fourth-order valence-corrected chi connectivity index (χ4v) is 3.56. The molecule has 3 rings (SSSR count). The van der Waals surface area contributed by atoms with Crippen molar-refractivity contribution in [3.63, 3.8) is 0 Å². The van der Waals surface area contributed by atoms with Gasteiger partial charge >= 0.3 is 0 Å². The summed E-state index contributed by atoms with van der Waals surface area (Å²) < 4.78 is 54.4. The molecule has 0 fully saturated rings. The van der Waals surface area contributed by atoms with Crippen molar-refractivity contribution in [1.29, 1.82) is 0 Å². The van der Waals surface area contributed by atoms with E-state index in [1.165, 1.54) is 12.1 Å². The Hall–Kier alpha value is -2.43. The summed E-state index contributed by atoms with van der Waals surface area (Å²) in [6.07, 6.45) is -0.0343. The van der Waals surface area contributed by atoms with Crippen molar-refractivity contribution in [3.05, 3.63) is 53.3 Å². The van der Waals surface area contributed by atoms with Crippen LogP contribution >= 0.6 is 0 Å². The van der Waals surface area contributed by atoms with E-state index in [4.69, 9.17) is 5.11 Å². The SMILES string of the molecule is O=C(Nc1cc(F)c(F)c(F)c1)c1ccc2c(c1)S(=O)NC(CCO)N2. The van der Waals surface area contributed by atoms with Crippen molar-refractivity contribution in [2.45, 2.75) is 17.5 Å². The second-order valence-corrected chi connectivity index (χ2v) is 6.73. The number of rotatable bonds is 4. The molecule has 2 aromatic carbocycles. The number of carbonyl (C=O) groups is 1. The molecular weight excluding hydrogens is 371 g/mol. The molecule has 2 atom stereocenters. The van der Waals surface area contributed by atoms with Crippen LogP contribution in [0.3, 0.4) is 0 Å². The lowest BCUT2D eigenvalue weighted by Gasteiger charge is -2.27. The number of benzene rings is 2. The Kier molecular flexibility index (Phi) is 5.25. The van der Waals surface area contributed by atoms with E-state index in [1.807, 2.05) is 0 Å². The number of carbonyl (C=O) groups excluding carboxylic acids is 1. The molecule has 0 saturated carbocycles. The maximum absolute atomic E-state index is 13.2. The Balaban J connectivity index is 1.81. The van der Waals surface area contributed by atoms with E-state index in [1.54, 1.807) is 6.07 Å². The van der Waals surface area contributed by atoms with E-state index in [9.17, 15) is 22.2 Å². The van der Waals surface area contributed by atoms with Gasteiger partial charge in [0, 0.05) is 36.4 Å². The highest BCUT2D eigenvalue weighted by Crippen LogP contribution is 2.26. The number of aliphatic hydroxyl groups excluding tert-OH is 1. The second-order valence-electron chi connectivity index (χ2n) is 5.51. The quantitative estimate of drug-likeness (QED) is 0.607. The normalized spacial score (nSPS) is 18.8. The molecule has 2 unspecified atom stereocenters.